The minimum atomic E-state index is -0.598. The Morgan fingerprint density at radius 1 is 0.373 bits per heavy atom. The number of hydrogen-bond acceptors (Lipinski definition) is 6. The molecule has 0 saturated carbocycles. The van der Waals surface area contributed by atoms with Crippen molar-refractivity contribution < 1.29 is 29.7 Å². The van der Waals surface area contributed by atoms with Gasteiger partial charge in [-0.3, -0.25) is 14.4 Å². The standard InChI is InChI=1S/C6H11B24I20N3O6/c7-9(31)11(33)13(35)21(43)27(51-4(57)1-54)23(45)17(39)15(37)19(41)25(47)29(49)53(6(59)3-56)30(50)26(48)20(42)16(38)18(40)24(46)28(52-5(58)2-55)22(44)14(36)12(34)10(8)32/h54-56H,1-3H2,(H,51,57)(H,52,58). The molecule has 5 N–H and O–H groups in total. The second kappa shape index (κ2) is 38.9. The van der Waals surface area contributed by atoms with Gasteiger partial charge in [0.05, 0.1) is 0 Å². The predicted octanol–water partition coefficient (Wildman–Crippen LogP) is 4.43. The van der Waals surface area contributed by atoms with Crippen molar-refractivity contribution in [2.75, 3.05) is 19.8 Å². The zero-order valence-electron chi connectivity index (χ0n) is 29.1. The Labute approximate surface area is 628 Å². The first-order valence-electron chi connectivity index (χ1n) is 16.1. The van der Waals surface area contributed by atoms with Crippen LogP contribution in [0, 0.1) is 0 Å². The number of carbonyl (C=O) groups is 3. The van der Waals surface area contributed by atoms with Gasteiger partial charge >= 0.3 is 0 Å². The van der Waals surface area contributed by atoms with E-state index in [2.05, 4.69) is 458 Å². The monoisotopic (exact) mass is 3020 g/mol. The molecular formula is C6H11B24I20N3O6. The Kier molecular flexibility index (Phi) is 48.5. The van der Waals surface area contributed by atoms with Gasteiger partial charge in [0.2, 0.25) is 26.4 Å². The topological polar surface area (TPSA) is 139 Å². The molecule has 0 aromatic heterocycles. The fourth-order valence-corrected chi connectivity index (χ4v) is 33.5. The predicted molar refractivity (Wildman–Crippen MR) is 463 cm³/mol. The van der Waals surface area contributed by atoms with E-state index in [1.165, 1.54) is 0 Å². The average molecular weight is 3020 g/mol. The van der Waals surface area contributed by atoms with Crippen LogP contribution in [0.2, 0.25) is 0 Å². The number of amides is 3. The Morgan fingerprint density at radius 2 is 0.593 bits per heavy atom. The van der Waals surface area contributed by atoms with Crippen LogP contribution in [0.25, 0.3) is 0 Å². The van der Waals surface area contributed by atoms with E-state index in [9.17, 15) is 29.7 Å². The molecular weight excluding hydrogens is 3010 g/mol. The van der Waals surface area contributed by atoms with Crippen LogP contribution < -0.4 is 10.5 Å². The number of aliphatic hydroxyl groups excluding tert-OH is 3. The fourth-order valence-electron chi connectivity index (χ4n) is 4.78. The molecule has 0 atom stereocenters. The third-order valence-corrected chi connectivity index (χ3v) is 59.0. The van der Waals surface area contributed by atoms with Gasteiger partial charge in [0.1, 0.15) is 28.5 Å². The molecule has 9 nitrogen and oxygen atoms in total. The van der Waals surface area contributed by atoms with Crippen molar-refractivity contribution in [1.82, 2.24) is 15.2 Å². The van der Waals surface area contributed by atoms with E-state index in [4.69, 9.17) is 15.5 Å². The van der Waals surface area contributed by atoms with Crippen molar-refractivity contribution in [3.05, 3.63) is 0 Å². The molecule has 0 unspecified atom stereocenters. The minimum absolute atomic E-state index is 0.00362. The van der Waals surface area contributed by atoms with Gasteiger partial charge in [0.25, 0.3) is 9.19 Å². The number of aliphatic hydroxyl groups is 3. The first-order valence-corrected chi connectivity index (χ1v) is 41.0. The van der Waals surface area contributed by atoms with Gasteiger partial charge in [-0.25, -0.2) is 0 Å². The normalized spacial score (nSPS) is 10.2. The molecule has 4 radical (unpaired) electrons. The summed E-state index contributed by atoms with van der Waals surface area (Å²) in [6, 6.07) is 0. The summed E-state index contributed by atoms with van der Waals surface area (Å²) >= 11 is 48.6. The van der Waals surface area contributed by atoms with Crippen LogP contribution in [-0.4, -0.2) is 174 Å². The highest BCUT2D eigenvalue weighted by Gasteiger charge is 2.57. The molecule has 0 rings (SSSR count). The number of nitrogens with zero attached hydrogens (tertiary/aromatic N) is 1. The summed E-state index contributed by atoms with van der Waals surface area (Å²) in [5, 5.41) is 35.9. The smallest absolute Gasteiger partial charge is 0.284 e. The van der Waals surface area contributed by atoms with E-state index in [1.54, 1.807) is 0 Å². The Hall–Kier alpha value is 14.4. The van der Waals surface area contributed by atoms with Crippen molar-refractivity contribution in [3.63, 3.8) is 0 Å². The van der Waals surface area contributed by atoms with Crippen LogP contribution in [0.4, 0.5) is 0 Å². The number of carbonyl (C=O) groups excluding carboxylic acids is 3. The molecule has 0 aromatic rings. The maximum absolute atomic E-state index is 13.7. The highest BCUT2D eigenvalue weighted by molar-refractivity contribution is 14.2. The van der Waals surface area contributed by atoms with E-state index in [-0.39, 0.29) is 107 Å². The first-order chi connectivity index (χ1) is 27.1. The van der Waals surface area contributed by atoms with Crippen molar-refractivity contribution >= 4 is 581 Å². The molecule has 53 heteroatoms. The van der Waals surface area contributed by atoms with E-state index >= 15 is 0 Å². The second-order valence-corrected chi connectivity index (χ2v) is 40.6. The highest BCUT2D eigenvalue weighted by Crippen LogP contribution is 2.33. The van der Waals surface area contributed by atoms with E-state index < -0.39 is 31.6 Å². The highest BCUT2D eigenvalue weighted by atomic mass is 127. The van der Waals surface area contributed by atoms with E-state index in [1.807, 2.05) is 4.72 Å². The molecule has 0 saturated heterocycles. The summed E-state index contributed by atoms with van der Waals surface area (Å²) in [4.78, 5) is 38.9. The van der Waals surface area contributed by atoms with Gasteiger partial charge in [0.15, 0.2) is 74.2 Å². The summed E-state index contributed by atoms with van der Waals surface area (Å²) in [7, 11) is 12.5. The number of halogens is 20. The van der Waals surface area contributed by atoms with Crippen LogP contribution >= 0.6 is 447 Å². The second-order valence-electron chi connectivity index (χ2n) is 12.2. The van der Waals surface area contributed by atoms with Gasteiger partial charge in [-0.1, -0.05) is 0 Å². The van der Waals surface area contributed by atoms with Crippen molar-refractivity contribution in [2.45, 2.75) is 0 Å². The van der Waals surface area contributed by atoms with Crippen LogP contribution in [0.5, 0.6) is 0 Å². The first kappa shape index (κ1) is 73.4. The molecule has 0 spiro atoms. The Morgan fingerprint density at radius 3 is 0.814 bits per heavy atom. The summed E-state index contributed by atoms with van der Waals surface area (Å²) in [6.07, 6.45) is 0. The minimum Gasteiger partial charge on any atom is -0.423 e. The summed E-state index contributed by atoms with van der Waals surface area (Å²) in [5.74, 6) is -1.14. The number of nitrogens with one attached hydrogen (secondary N) is 2. The van der Waals surface area contributed by atoms with Gasteiger partial charge in [0, 0.05) is 15.5 Å². The quantitative estimate of drug-likeness (QED) is 0.0611. The van der Waals surface area contributed by atoms with Crippen LogP contribution in [0.3, 0.4) is 0 Å². The molecule has 0 bridgehead atoms. The Balaban J connectivity index is 6.44. The lowest BCUT2D eigenvalue weighted by Gasteiger charge is -2.36. The maximum atomic E-state index is 13.7. The number of rotatable bonds is 27. The number of hydrogen-bond donors (Lipinski definition) is 5. The lowest BCUT2D eigenvalue weighted by molar-refractivity contribution is -0.126. The largest absolute Gasteiger partial charge is 0.423 e. The molecule has 3 amide bonds. The lowest BCUT2D eigenvalue weighted by Crippen LogP contribution is -2.71. The average Bonchev–Trinajstić information content (AvgIpc) is 3.22. The Bertz CT molecular complexity index is 1220. The van der Waals surface area contributed by atoms with Crippen LogP contribution in [0.15, 0.2) is 0 Å². The van der Waals surface area contributed by atoms with Gasteiger partial charge in [-0.15, -0.1) is 44.7 Å². The van der Waals surface area contributed by atoms with Crippen LogP contribution in [-0.2, 0) is 14.4 Å². The van der Waals surface area contributed by atoms with Gasteiger partial charge in [-0.2, -0.15) is 403 Å². The SMILES string of the molecule is [B]B(I)B(I)B(I)B(I)B(NC(=O)CO)B(I)B(I)B(I)B(I)B(I)B(I)N(B(I)B(I)B(I)B(I)B(I)B(I)B(NC(=O)CO)B(I)B(I)B(I)B([B])I)C(=O)CO. The summed E-state index contributed by atoms with van der Waals surface area (Å²) < 4.78 is 2.67. The van der Waals surface area contributed by atoms with E-state index in [0.29, 0.717) is 0 Å². The molecule has 0 fully saturated rings. The lowest BCUT2D eigenvalue weighted by atomic mass is 8.82. The molecule has 0 heterocycles. The molecule has 0 aliphatic heterocycles. The fraction of sp³-hybridized carbons (Fsp3) is 0.500. The molecule has 0 aromatic carbocycles. The van der Waals surface area contributed by atoms with Crippen molar-refractivity contribution in [3.8, 4) is 0 Å². The zero-order chi connectivity index (χ0) is 46.5. The third kappa shape index (κ3) is 24.8. The van der Waals surface area contributed by atoms with Crippen molar-refractivity contribution in [2.24, 2.45) is 0 Å². The molecule has 59 heavy (non-hydrogen) atoms. The maximum Gasteiger partial charge on any atom is 0.284 e. The molecule has 298 valence electrons. The van der Waals surface area contributed by atoms with E-state index in [0.717, 1.165) is 0 Å². The molecule has 0 aliphatic rings. The molecule has 0 aliphatic carbocycles. The van der Waals surface area contributed by atoms with Crippen LogP contribution in [0.1, 0.15) is 0 Å². The summed E-state index contributed by atoms with van der Waals surface area (Å²) in [6.45, 7) is -2.21. The summed E-state index contributed by atoms with van der Waals surface area (Å²) in [5.41, 5.74) is 0. The van der Waals surface area contributed by atoms with Gasteiger partial charge in [-0.05, 0) is 0 Å². The van der Waals surface area contributed by atoms with Gasteiger partial charge < -0.3 is 30.5 Å². The van der Waals surface area contributed by atoms with Crippen molar-refractivity contribution in [1.29, 1.82) is 0 Å². The zero-order valence-corrected chi connectivity index (χ0v) is 72.2. The third-order valence-electron chi connectivity index (χ3n) is 8.05.